The molecular weight excluding hydrogens is 174 g/mol. The molecule has 0 unspecified atom stereocenters. The second kappa shape index (κ2) is 3.83. The molecule has 1 rings (SSSR count). The monoisotopic (exact) mass is 186 g/mol. The molecule has 1 aromatic rings. The molecule has 0 saturated heterocycles. The van der Waals surface area contributed by atoms with E-state index in [9.17, 15) is 8.78 Å². The van der Waals surface area contributed by atoms with Crippen molar-refractivity contribution in [3.8, 4) is 0 Å². The minimum atomic E-state index is -3.55. The lowest BCUT2D eigenvalue weighted by atomic mass is 10.1. The van der Waals surface area contributed by atoms with Crippen molar-refractivity contribution in [1.82, 2.24) is 0 Å². The fourth-order valence-corrected chi connectivity index (χ4v) is 1.05. The highest BCUT2D eigenvalue weighted by Crippen LogP contribution is 2.17. The molecular formula is C10H12F2O. The molecule has 0 aliphatic heterocycles. The highest BCUT2D eigenvalue weighted by atomic mass is 19.3. The molecule has 0 amide bonds. The van der Waals surface area contributed by atoms with E-state index in [1.807, 2.05) is 19.1 Å². The van der Waals surface area contributed by atoms with E-state index in [1.54, 1.807) is 12.1 Å². The van der Waals surface area contributed by atoms with E-state index >= 15 is 0 Å². The molecule has 3 heteroatoms. The molecule has 0 spiro atoms. The van der Waals surface area contributed by atoms with Gasteiger partial charge in [0.15, 0.2) is 0 Å². The first-order valence-electron chi connectivity index (χ1n) is 4.13. The highest BCUT2D eigenvalue weighted by Gasteiger charge is 2.23. The molecule has 0 bridgehead atoms. The maximum absolute atomic E-state index is 12.0. The maximum Gasteiger partial charge on any atom is 0.353 e. The van der Waals surface area contributed by atoms with E-state index in [-0.39, 0.29) is 6.42 Å². The smallest absolute Gasteiger partial charge is 0.336 e. The van der Waals surface area contributed by atoms with Crippen molar-refractivity contribution in [3.63, 3.8) is 0 Å². The minimum absolute atomic E-state index is 0.198. The summed E-state index contributed by atoms with van der Waals surface area (Å²) < 4.78 is 24.1. The van der Waals surface area contributed by atoms with Crippen LogP contribution in [0.2, 0.25) is 0 Å². The highest BCUT2D eigenvalue weighted by molar-refractivity contribution is 5.21. The number of halogens is 2. The van der Waals surface area contributed by atoms with Gasteiger partial charge in [-0.15, -0.1) is 0 Å². The van der Waals surface area contributed by atoms with Crippen LogP contribution in [0.1, 0.15) is 17.5 Å². The predicted octanol–water partition coefficient (Wildman–Crippen LogP) is 2.51. The van der Waals surface area contributed by atoms with E-state index < -0.39 is 12.5 Å². The molecule has 0 aromatic heterocycles. The summed E-state index contributed by atoms with van der Waals surface area (Å²) in [5, 5.41) is 8.20. The Bertz CT molecular complexity index is 261. The number of benzene rings is 1. The standard InChI is InChI=1S/C10H12F2O/c1-8-2-4-9(5-3-8)6-7-10(11,12)13/h2-5,13H,6-7H2,1H3. The predicted molar refractivity (Wildman–Crippen MR) is 46.7 cm³/mol. The van der Waals surface area contributed by atoms with Crippen LogP contribution in [0.4, 0.5) is 8.78 Å². The summed E-state index contributed by atoms with van der Waals surface area (Å²) in [5.41, 5.74) is 1.92. The van der Waals surface area contributed by atoms with Gasteiger partial charge in [-0.1, -0.05) is 29.8 Å². The Morgan fingerprint density at radius 2 is 1.77 bits per heavy atom. The van der Waals surface area contributed by atoms with Crippen molar-refractivity contribution >= 4 is 0 Å². The van der Waals surface area contributed by atoms with Crippen LogP contribution in [0, 0.1) is 6.92 Å². The summed E-state index contributed by atoms with van der Waals surface area (Å²) in [4.78, 5) is 0. The zero-order chi connectivity index (χ0) is 9.90. The van der Waals surface area contributed by atoms with Crippen LogP contribution < -0.4 is 0 Å². The average molecular weight is 186 g/mol. The first kappa shape index (κ1) is 10.1. The van der Waals surface area contributed by atoms with Gasteiger partial charge in [-0.2, -0.15) is 8.78 Å². The zero-order valence-electron chi connectivity index (χ0n) is 7.43. The minimum Gasteiger partial charge on any atom is -0.336 e. The van der Waals surface area contributed by atoms with Crippen LogP contribution in [0.3, 0.4) is 0 Å². The lowest BCUT2D eigenvalue weighted by molar-refractivity contribution is -0.202. The van der Waals surface area contributed by atoms with Gasteiger partial charge in [-0.05, 0) is 18.9 Å². The van der Waals surface area contributed by atoms with Gasteiger partial charge >= 0.3 is 6.11 Å². The summed E-state index contributed by atoms with van der Waals surface area (Å²) in [6.07, 6.45) is -3.87. The van der Waals surface area contributed by atoms with Crippen LogP contribution in [0.25, 0.3) is 0 Å². The SMILES string of the molecule is Cc1ccc(CCC(O)(F)F)cc1. The molecule has 0 fully saturated rings. The van der Waals surface area contributed by atoms with E-state index in [0.717, 1.165) is 11.1 Å². The van der Waals surface area contributed by atoms with Gasteiger partial charge in [-0.25, -0.2) is 0 Å². The number of hydrogen-bond acceptors (Lipinski definition) is 1. The van der Waals surface area contributed by atoms with Gasteiger partial charge in [0.1, 0.15) is 0 Å². The van der Waals surface area contributed by atoms with Gasteiger partial charge in [0.25, 0.3) is 0 Å². The third-order valence-corrected chi connectivity index (χ3v) is 1.84. The van der Waals surface area contributed by atoms with Crippen LogP contribution in [0.5, 0.6) is 0 Å². The quantitative estimate of drug-likeness (QED) is 0.769. The van der Waals surface area contributed by atoms with Crippen LogP contribution >= 0.6 is 0 Å². The second-order valence-corrected chi connectivity index (χ2v) is 3.15. The summed E-state index contributed by atoms with van der Waals surface area (Å²) in [7, 11) is 0. The van der Waals surface area contributed by atoms with Crippen molar-refractivity contribution in [2.45, 2.75) is 25.9 Å². The third kappa shape index (κ3) is 3.99. The Hall–Kier alpha value is -0.960. The normalized spacial score (nSPS) is 11.7. The van der Waals surface area contributed by atoms with Gasteiger partial charge in [0.05, 0.1) is 0 Å². The van der Waals surface area contributed by atoms with Crippen LogP contribution in [0.15, 0.2) is 24.3 Å². The number of aliphatic hydroxyl groups is 1. The Kier molecular flexibility index (Phi) is 2.98. The molecule has 0 aliphatic rings. The summed E-state index contributed by atoms with van der Waals surface area (Å²) in [5.74, 6) is 0. The molecule has 0 atom stereocenters. The zero-order valence-corrected chi connectivity index (χ0v) is 7.43. The number of alkyl halides is 2. The summed E-state index contributed by atoms with van der Waals surface area (Å²) >= 11 is 0. The molecule has 1 aromatic carbocycles. The fraction of sp³-hybridized carbons (Fsp3) is 0.400. The largest absolute Gasteiger partial charge is 0.353 e. The second-order valence-electron chi connectivity index (χ2n) is 3.15. The molecule has 0 aliphatic carbocycles. The molecule has 0 saturated carbocycles. The maximum atomic E-state index is 12.0. The van der Waals surface area contributed by atoms with E-state index in [0.29, 0.717) is 0 Å². The first-order chi connectivity index (χ1) is 5.97. The molecule has 1 nitrogen and oxygen atoms in total. The Morgan fingerprint density at radius 1 is 1.23 bits per heavy atom. The van der Waals surface area contributed by atoms with E-state index in [1.165, 1.54) is 0 Å². The van der Waals surface area contributed by atoms with Gasteiger partial charge in [0, 0.05) is 6.42 Å². The molecule has 13 heavy (non-hydrogen) atoms. The van der Waals surface area contributed by atoms with Crippen LogP contribution in [-0.2, 0) is 6.42 Å². The van der Waals surface area contributed by atoms with Crippen molar-refractivity contribution in [3.05, 3.63) is 35.4 Å². The molecule has 1 N–H and O–H groups in total. The Balaban J connectivity index is 2.51. The van der Waals surface area contributed by atoms with Crippen molar-refractivity contribution < 1.29 is 13.9 Å². The van der Waals surface area contributed by atoms with Crippen molar-refractivity contribution in [1.29, 1.82) is 0 Å². The van der Waals surface area contributed by atoms with E-state index in [4.69, 9.17) is 5.11 Å². The molecule has 0 radical (unpaired) electrons. The van der Waals surface area contributed by atoms with Crippen molar-refractivity contribution in [2.75, 3.05) is 0 Å². The number of aryl methyl sites for hydroxylation is 2. The topological polar surface area (TPSA) is 20.2 Å². The average Bonchev–Trinajstić information content (AvgIpc) is 2.02. The summed E-state index contributed by atoms with van der Waals surface area (Å²) in [6, 6.07) is 7.32. The Labute approximate surface area is 76.0 Å². The third-order valence-electron chi connectivity index (χ3n) is 1.84. The van der Waals surface area contributed by atoms with Gasteiger partial charge in [-0.3, -0.25) is 0 Å². The number of rotatable bonds is 3. The molecule has 72 valence electrons. The van der Waals surface area contributed by atoms with Gasteiger partial charge < -0.3 is 5.11 Å². The number of hydrogen-bond donors (Lipinski definition) is 1. The lowest BCUT2D eigenvalue weighted by Gasteiger charge is -2.07. The van der Waals surface area contributed by atoms with Crippen molar-refractivity contribution in [2.24, 2.45) is 0 Å². The first-order valence-corrected chi connectivity index (χ1v) is 4.13. The van der Waals surface area contributed by atoms with E-state index in [2.05, 4.69) is 0 Å². The fourth-order valence-electron chi connectivity index (χ4n) is 1.05. The Morgan fingerprint density at radius 3 is 2.23 bits per heavy atom. The van der Waals surface area contributed by atoms with Gasteiger partial charge in [0.2, 0.25) is 0 Å². The van der Waals surface area contributed by atoms with Crippen LogP contribution in [-0.4, -0.2) is 11.2 Å². The lowest BCUT2D eigenvalue weighted by Crippen LogP contribution is -2.14. The summed E-state index contributed by atoms with van der Waals surface area (Å²) in [6.45, 7) is 1.93. The molecule has 0 heterocycles.